The number of para-hydroxylation sites is 1. The molecule has 0 unspecified atom stereocenters. The van der Waals surface area contributed by atoms with Gasteiger partial charge >= 0.3 is 18.5 Å². The van der Waals surface area contributed by atoms with E-state index in [2.05, 4.69) is 4.98 Å². The van der Waals surface area contributed by atoms with Crippen LogP contribution in [-0.4, -0.2) is 16.9 Å². The lowest BCUT2D eigenvalue weighted by Gasteiger charge is -2.21. The maximum absolute atomic E-state index is 13.3. The number of hydrogen-bond acceptors (Lipinski definition) is 1. The second-order valence-electron chi connectivity index (χ2n) is 7.26. The number of benzene rings is 2. The largest absolute Gasteiger partial charge is 0.450 e. The van der Waals surface area contributed by atoms with Crippen LogP contribution in [0.3, 0.4) is 0 Å². The first kappa shape index (κ1) is 23.7. The van der Waals surface area contributed by atoms with Gasteiger partial charge in [-0.2, -0.15) is 39.5 Å². The number of H-pyrrole nitrogens is 1. The maximum atomic E-state index is 13.3. The van der Waals surface area contributed by atoms with E-state index >= 15 is 0 Å². The molecule has 2 aromatic carbocycles. The number of nitrogens with one attached hydrogen (secondary N) is 1. The summed E-state index contributed by atoms with van der Waals surface area (Å²) in [7, 11) is 0. The Bertz CT molecular complexity index is 1120. The summed E-state index contributed by atoms with van der Waals surface area (Å²) in [5.74, 6) is -3.97. The summed E-state index contributed by atoms with van der Waals surface area (Å²) in [6.07, 6.45) is -15.9. The van der Waals surface area contributed by atoms with Crippen molar-refractivity contribution in [1.82, 2.24) is 4.98 Å². The molecular weight excluding hydrogens is 453 g/mol. The van der Waals surface area contributed by atoms with E-state index in [1.54, 1.807) is 13.0 Å². The van der Waals surface area contributed by atoms with Gasteiger partial charge in [0.1, 0.15) is 0 Å². The fraction of sp³-hybridized carbons (Fsp3) is 0.286. The Balaban J connectivity index is 2.28. The first-order valence-corrected chi connectivity index (χ1v) is 9.05. The quantitative estimate of drug-likeness (QED) is 0.406. The maximum Gasteiger partial charge on any atom is 0.450 e. The molecule has 0 radical (unpaired) electrons. The van der Waals surface area contributed by atoms with Gasteiger partial charge < -0.3 is 4.98 Å². The van der Waals surface area contributed by atoms with Crippen LogP contribution in [0.15, 0.2) is 42.6 Å². The molecule has 1 aromatic heterocycles. The SMILES string of the molecule is Cc1cccc2c([C@H](CC(=O)C(F)(F)F)c3cc(C(F)(F)F)cc(C(F)(F)F)c3)c[nH]c12. The fourth-order valence-electron chi connectivity index (χ4n) is 3.50. The molecule has 0 saturated heterocycles. The van der Waals surface area contributed by atoms with Gasteiger partial charge in [0.25, 0.3) is 0 Å². The molecule has 1 heterocycles. The minimum atomic E-state index is -5.31. The fourth-order valence-corrected chi connectivity index (χ4v) is 3.50. The van der Waals surface area contributed by atoms with Crippen LogP contribution in [0.4, 0.5) is 39.5 Å². The van der Waals surface area contributed by atoms with Gasteiger partial charge in [-0.05, 0) is 41.8 Å². The third-order valence-corrected chi connectivity index (χ3v) is 5.05. The van der Waals surface area contributed by atoms with E-state index in [1.165, 1.54) is 18.3 Å². The van der Waals surface area contributed by atoms with E-state index in [-0.39, 0.29) is 17.0 Å². The van der Waals surface area contributed by atoms with Gasteiger partial charge in [0, 0.05) is 29.4 Å². The number of halogens is 9. The highest BCUT2D eigenvalue weighted by Crippen LogP contribution is 2.42. The number of aromatic amines is 1. The Morgan fingerprint density at radius 2 is 1.47 bits per heavy atom. The molecule has 3 rings (SSSR count). The predicted octanol–water partition coefficient (Wildman–Crippen LogP) is 7.17. The Morgan fingerprint density at radius 1 is 0.906 bits per heavy atom. The predicted molar refractivity (Wildman–Crippen MR) is 97.0 cm³/mol. The topological polar surface area (TPSA) is 32.9 Å². The molecule has 2 nitrogen and oxygen atoms in total. The van der Waals surface area contributed by atoms with Gasteiger partial charge in [0.05, 0.1) is 11.1 Å². The van der Waals surface area contributed by atoms with Crippen molar-refractivity contribution in [3.05, 3.63) is 70.4 Å². The number of rotatable bonds is 4. The van der Waals surface area contributed by atoms with E-state index in [4.69, 9.17) is 0 Å². The Kier molecular flexibility index (Phi) is 5.82. The standard InChI is InChI=1S/C21H14F9NO/c1-10-3-2-4-14-16(9-31-18(10)14)15(8-17(32)21(28,29)30)11-5-12(19(22,23)24)7-13(6-11)20(25,26)27/h2-7,9,15,31H,8H2,1H3/t15-/m1/s1. The smallest absolute Gasteiger partial charge is 0.361 e. The lowest BCUT2D eigenvalue weighted by Crippen LogP contribution is -2.25. The Hall–Kier alpha value is -2.98. The summed E-state index contributed by atoms with van der Waals surface area (Å²) in [6, 6.07) is 5.22. The van der Waals surface area contributed by atoms with Crippen molar-refractivity contribution in [3.63, 3.8) is 0 Å². The summed E-state index contributed by atoms with van der Waals surface area (Å²) in [4.78, 5) is 14.5. The minimum absolute atomic E-state index is 0.0197. The summed E-state index contributed by atoms with van der Waals surface area (Å²) in [5.41, 5.74) is -2.99. The Labute approximate surface area is 175 Å². The van der Waals surface area contributed by atoms with Crippen molar-refractivity contribution in [2.24, 2.45) is 0 Å². The van der Waals surface area contributed by atoms with Gasteiger partial charge in [-0.3, -0.25) is 4.79 Å². The van der Waals surface area contributed by atoms with Gasteiger partial charge in [-0.1, -0.05) is 18.2 Å². The van der Waals surface area contributed by atoms with Crippen LogP contribution < -0.4 is 0 Å². The molecule has 0 aliphatic heterocycles. The molecule has 0 aliphatic carbocycles. The highest BCUT2D eigenvalue weighted by atomic mass is 19.4. The zero-order valence-corrected chi connectivity index (χ0v) is 16.1. The molecule has 0 amide bonds. The summed E-state index contributed by atoms with van der Waals surface area (Å²) >= 11 is 0. The molecule has 1 atom stereocenters. The van der Waals surface area contributed by atoms with E-state index in [9.17, 15) is 44.3 Å². The van der Waals surface area contributed by atoms with Gasteiger partial charge in [-0.25, -0.2) is 0 Å². The van der Waals surface area contributed by atoms with E-state index < -0.39 is 53.3 Å². The van der Waals surface area contributed by atoms with Crippen LogP contribution in [-0.2, 0) is 17.1 Å². The van der Waals surface area contributed by atoms with Crippen molar-refractivity contribution in [2.45, 2.75) is 37.8 Å². The zero-order valence-electron chi connectivity index (χ0n) is 16.1. The number of ketones is 1. The van der Waals surface area contributed by atoms with E-state index in [1.807, 2.05) is 0 Å². The molecule has 32 heavy (non-hydrogen) atoms. The van der Waals surface area contributed by atoms with Crippen LogP contribution in [0, 0.1) is 6.92 Å². The number of carbonyl (C=O) groups excluding carboxylic acids is 1. The minimum Gasteiger partial charge on any atom is -0.361 e. The number of carbonyl (C=O) groups is 1. The lowest BCUT2D eigenvalue weighted by molar-refractivity contribution is -0.171. The van der Waals surface area contributed by atoms with Crippen LogP contribution in [0.25, 0.3) is 10.9 Å². The molecule has 0 fully saturated rings. The third kappa shape index (κ3) is 4.76. The second kappa shape index (κ2) is 7.86. The molecular formula is C21H14F9NO. The average molecular weight is 467 g/mol. The molecule has 11 heteroatoms. The monoisotopic (exact) mass is 467 g/mol. The summed E-state index contributed by atoms with van der Waals surface area (Å²) in [5, 5.41) is 0.288. The van der Waals surface area contributed by atoms with Gasteiger partial charge in [0.2, 0.25) is 5.78 Å². The van der Waals surface area contributed by atoms with Crippen LogP contribution in [0.1, 0.15) is 40.2 Å². The van der Waals surface area contributed by atoms with Gasteiger partial charge in [0.15, 0.2) is 0 Å². The highest BCUT2D eigenvalue weighted by Gasteiger charge is 2.42. The number of aromatic nitrogens is 1. The number of fused-ring (bicyclic) bond motifs is 1. The van der Waals surface area contributed by atoms with Crippen LogP contribution >= 0.6 is 0 Å². The van der Waals surface area contributed by atoms with Crippen LogP contribution in [0.5, 0.6) is 0 Å². The molecule has 0 aliphatic rings. The first-order valence-electron chi connectivity index (χ1n) is 9.05. The number of aryl methyl sites for hydroxylation is 1. The van der Waals surface area contributed by atoms with Crippen LogP contribution in [0.2, 0.25) is 0 Å². The van der Waals surface area contributed by atoms with Gasteiger partial charge in [-0.15, -0.1) is 0 Å². The number of hydrogen-bond donors (Lipinski definition) is 1. The number of alkyl halides is 9. The van der Waals surface area contributed by atoms with Crippen molar-refractivity contribution in [2.75, 3.05) is 0 Å². The zero-order chi connectivity index (χ0) is 24.1. The van der Waals surface area contributed by atoms with Crippen molar-refractivity contribution < 1.29 is 44.3 Å². The highest BCUT2D eigenvalue weighted by molar-refractivity contribution is 5.89. The molecule has 3 aromatic rings. The number of Topliss-reactive ketones (excluding diaryl/α,β-unsaturated/α-hetero) is 1. The summed E-state index contributed by atoms with van der Waals surface area (Å²) in [6.45, 7) is 1.66. The van der Waals surface area contributed by atoms with E-state index in [0.29, 0.717) is 23.2 Å². The normalized spacial score (nSPS) is 14.1. The summed E-state index contributed by atoms with van der Waals surface area (Å²) < 4.78 is 119. The molecule has 0 saturated carbocycles. The second-order valence-corrected chi connectivity index (χ2v) is 7.26. The lowest BCUT2D eigenvalue weighted by atomic mass is 9.84. The van der Waals surface area contributed by atoms with E-state index in [0.717, 1.165) is 0 Å². The average Bonchev–Trinajstić information content (AvgIpc) is 3.08. The van der Waals surface area contributed by atoms with Crippen molar-refractivity contribution in [1.29, 1.82) is 0 Å². The molecule has 0 spiro atoms. The molecule has 0 bridgehead atoms. The Morgan fingerprint density at radius 3 is 1.97 bits per heavy atom. The van der Waals surface area contributed by atoms with Crippen molar-refractivity contribution >= 4 is 16.7 Å². The third-order valence-electron chi connectivity index (χ3n) is 5.05. The molecule has 1 N–H and O–H groups in total. The van der Waals surface area contributed by atoms with Crippen molar-refractivity contribution in [3.8, 4) is 0 Å². The first-order chi connectivity index (χ1) is 14.6. The molecule has 172 valence electrons.